The summed E-state index contributed by atoms with van der Waals surface area (Å²) in [4.78, 5) is 16.0. The van der Waals surface area contributed by atoms with Gasteiger partial charge in [0.05, 0.1) is 6.10 Å². The number of hydrogen-bond donors (Lipinski definition) is 2. The number of nitrogens with zero attached hydrogens (tertiary/aromatic N) is 2. The average Bonchev–Trinajstić information content (AvgIpc) is 2.38. The van der Waals surface area contributed by atoms with E-state index >= 15 is 0 Å². The number of anilines is 1. The molecule has 1 aliphatic rings. The van der Waals surface area contributed by atoms with Crippen LogP contribution in [-0.4, -0.2) is 27.3 Å². The van der Waals surface area contributed by atoms with Crippen LogP contribution in [0.15, 0.2) is 17.2 Å². The van der Waals surface area contributed by atoms with Crippen molar-refractivity contribution in [3.8, 4) is 0 Å². The standard InChI is InChI=1S/C13H21N3O2/c1-2-16-7-6-14-12(13(16)18)15-9-10-4-3-5-11(17)8-10/h6-7,10-11,17H,2-5,8-9H2,1H3,(H,14,15). The second kappa shape index (κ2) is 6.00. The first-order valence-corrected chi connectivity index (χ1v) is 6.68. The minimum absolute atomic E-state index is 0.0728. The molecular weight excluding hydrogens is 230 g/mol. The van der Waals surface area contributed by atoms with Gasteiger partial charge in [0, 0.05) is 25.5 Å². The second-order valence-corrected chi connectivity index (χ2v) is 4.93. The highest BCUT2D eigenvalue weighted by Crippen LogP contribution is 2.23. The van der Waals surface area contributed by atoms with Gasteiger partial charge in [-0.1, -0.05) is 6.42 Å². The maximum absolute atomic E-state index is 11.9. The molecule has 0 aliphatic heterocycles. The summed E-state index contributed by atoms with van der Waals surface area (Å²) >= 11 is 0. The summed E-state index contributed by atoms with van der Waals surface area (Å²) in [6.45, 7) is 3.30. The maximum atomic E-state index is 11.9. The summed E-state index contributed by atoms with van der Waals surface area (Å²) < 4.78 is 1.63. The predicted octanol–water partition coefficient (Wildman–Crippen LogP) is 1.23. The number of aliphatic hydroxyl groups excluding tert-OH is 1. The van der Waals surface area contributed by atoms with E-state index in [9.17, 15) is 9.90 Å². The summed E-state index contributed by atoms with van der Waals surface area (Å²) in [5, 5.41) is 12.7. The Hall–Kier alpha value is -1.36. The van der Waals surface area contributed by atoms with Crippen molar-refractivity contribution in [2.75, 3.05) is 11.9 Å². The summed E-state index contributed by atoms with van der Waals surface area (Å²) in [6, 6.07) is 0. The molecule has 1 aliphatic carbocycles. The van der Waals surface area contributed by atoms with Crippen LogP contribution in [0.5, 0.6) is 0 Å². The van der Waals surface area contributed by atoms with E-state index in [0.717, 1.165) is 25.7 Å². The molecule has 0 amide bonds. The van der Waals surface area contributed by atoms with Crippen LogP contribution in [-0.2, 0) is 6.54 Å². The van der Waals surface area contributed by atoms with Crippen LogP contribution < -0.4 is 10.9 Å². The molecule has 2 atom stereocenters. The molecule has 18 heavy (non-hydrogen) atoms. The van der Waals surface area contributed by atoms with Crippen LogP contribution in [0.3, 0.4) is 0 Å². The van der Waals surface area contributed by atoms with Crippen LogP contribution in [0.1, 0.15) is 32.6 Å². The average molecular weight is 251 g/mol. The zero-order valence-electron chi connectivity index (χ0n) is 10.8. The van der Waals surface area contributed by atoms with E-state index in [4.69, 9.17) is 0 Å². The van der Waals surface area contributed by atoms with Crippen molar-refractivity contribution in [2.45, 2.75) is 45.3 Å². The van der Waals surface area contributed by atoms with Crippen molar-refractivity contribution in [3.63, 3.8) is 0 Å². The third kappa shape index (κ3) is 3.10. The van der Waals surface area contributed by atoms with Gasteiger partial charge in [-0.3, -0.25) is 4.79 Å². The van der Waals surface area contributed by atoms with Gasteiger partial charge in [-0.15, -0.1) is 0 Å². The number of hydrogen-bond acceptors (Lipinski definition) is 4. The third-order valence-corrected chi connectivity index (χ3v) is 3.57. The Bertz CT molecular complexity index is 444. The van der Waals surface area contributed by atoms with Crippen LogP contribution in [0.4, 0.5) is 5.82 Å². The molecule has 2 N–H and O–H groups in total. The lowest BCUT2D eigenvalue weighted by Gasteiger charge is -2.25. The Morgan fingerprint density at radius 2 is 2.39 bits per heavy atom. The van der Waals surface area contributed by atoms with Gasteiger partial charge in [-0.25, -0.2) is 4.98 Å². The quantitative estimate of drug-likeness (QED) is 0.844. The summed E-state index contributed by atoms with van der Waals surface area (Å²) in [7, 11) is 0. The van der Waals surface area contributed by atoms with Gasteiger partial charge in [0.2, 0.25) is 0 Å². The Morgan fingerprint density at radius 1 is 1.56 bits per heavy atom. The monoisotopic (exact) mass is 251 g/mol. The first-order valence-electron chi connectivity index (χ1n) is 6.68. The number of nitrogens with one attached hydrogen (secondary N) is 1. The lowest BCUT2D eigenvalue weighted by Crippen LogP contribution is -2.29. The molecule has 0 radical (unpaired) electrons. The fourth-order valence-electron chi connectivity index (χ4n) is 2.51. The van der Waals surface area contributed by atoms with Crippen LogP contribution in [0.25, 0.3) is 0 Å². The highest BCUT2D eigenvalue weighted by atomic mass is 16.3. The molecule has 0 bridgehead atoms. The Morgan fingerprint density at radius 3 is 3.11 bits per heavy atom. The molecule has 2 rings (SSSR count). The fraction of sp³-hybridized carbons (Fsp3) is 0.692. The SMILES string of the molecule is CCn1ccnc(NCC2CCCC(O)C2)c1=O. The van der Waals surface area contributed by atoms with Crippen LogP contribution >= 0.6 is 0 Å². The van der Waals surface area contributed by atoms with Gasteiger partial charge in [-0.05, 0) is 32.1 Å². The van der Waals surface area contributed by atoms with E-state index < -0.39 is 0 Å². The molecule has 1 aromatic heterocycles. The molecule has 0 spiro atoms. The minimum atomic E-state index is -0.179. The highest BCUT2D eigenvalue weighted by Gasteiger charge is 2.20. The zero-order valence-corrected chi connectivity index (χ0v) is 10.8. The molecular formula is C13H21N3O2. The Kier molecular flexibility index (Phi) is 4.36. The topological polar surface area (TPSA) is 67.2 Å². The van der Waals surface area contributed by atoms with Crippen molar-refractivity contribution in [1.82, 2.24) is 9.55 Å². The normalized spacial score (nSPS) is 23.9. The van der Waals surface area contributed by atoms with E-state index in [-0.39, 0.29) is 11.7 Å². The van der Waals surface area contributed by atoms with E-state index in [1.54, 1.807) is 17.0 Å². The largest absolute Gasteiger partial charge is 0.393 e. The number of aliphatic hydroxyl groups is 1. The van der Waals surface area contributed by atoms with Crippen molar-refractivity contribution in [3.05, 3.63) is 22.7 Å². The highest BCUT2D eigenvalue weighted by molar-refractivity contribution is 5.30. The lowest BCUT2D eigenvalue weighted by molar-refractivity contribution is 0.104. The van der Waals surface area contributed by atoms with Gasteiger partial charge in [0.25, 0.3) is 5.56 Å². The lowest BCUT2D eigenvalue weighted by atomic mass is 9.87. The van der Waals surface area contributed by atoms with Crippen LogP contribution in [0, 0.1) is 5.92 Å². The van der Waals surface area contributed by atoms with Gasteiger partial charge < -0.3 is 15.0 Å². The van der Waals surface area contributed by atoms with Gasteiger partial charge in [0.15, 0.2) is 5.82 Å². The maximum Gasteiger partial charge on any atom is 0.293 e. The molecule has 2 unspecified atom stereocenters. The fourth-order valence-corrected chi connectivity index (χ4v) is 2.51. The molecule has 1 aromatic rings. The molecule has 5 nitrogen and oxygen atoms in total. The van der Waals surface area contributed by atoms with Crippen molar-refractivity contribution in [1.29, 1.82) is 0 Å². The van der Waals surface area contributed by atoms with E-state index in [2.05, 4.69) is 10.3 Å². The first-order chi connectivity index (χ1) is 8.70. The first kappa shape index (κ1) is 13.1. The summed E-state index contributed by atoms with van der Waals surface area (Å²) in [5.41, 5.74) is -0.0728. The Labute approximate surface area is 107 Å². The molecule has 1 saturated carbocycles. The predicted molar refractivity (Wildman–Crippen MR) is 70.6 cm³/mol. The molecule has 1 fully saturated rings. The number of aryl methyl sites for hydroxylation is 1. The van der Waals surface area contributed by atoms with Crippen molar-refractivity contribution in [2.24, 2.45) is 5.92 Å². The van der Waals surface area contributed by atoms with Gasteiger partial charge in [-0.2, -0.15) is 0 Å². The molecule has 0 aromatic carbocycles. The van der Waals surface area contributed by atoms with Crippen molar-refractivity contribution >= 4 is 5.82 Å². The summed E-state index contributed by atoms with van der Waals surface area (Å²) in [6.07, 6.45) is 7.06. The molecule has 0 saturated heterocycles. The second-order valence-electron chi connectivity index (χ2n) is 4.93. The van der Waals surface area contributed by atoms with E-state index in [1.165, 1.54) is 0 Å². The third-order valence-electron chi connectivity index (χ3n) is 3.57. The minimum Gasteiger partial charge on any atom is -0.393 e. The Balaban J connectivity index is 1.96. The molecule has 100 valence electrons. The zero-order chi connectivity index (χ0) is 13.0. The summed E-state index contributed by atoms with van der Waals surface area (Å²) in [5.74, 6) is 0.852. The smallest absolute Gasteiger partial charge is 0.293 e. The van der Waals surface area contributed by atoms with Crippen molar-refractivity contribution < 1.29 is 5.11 Å². The van der Waals surface area contributed by atoms with Gasteiger partial charge >= 0.3 is 0 Å². The van der Waals surface area contributed by atoms with E-state index in [1.807, 2.05) is 6.92 Å². The molecule has 1 heterocycles. The van der Waals surface area contributed by atoms with Crippen LogP contribution in [0.2, 0.25) is 0 Å². The molecule has 5 heteroatoms. The number of aromatic nitrogens is 2. The van der Waals surface area contributed by atoms with Gasteiger partial charge in [0.1, 0.15) is 0 Å². The van der Waals surface area contributed by atoms with E-state index in [0.29, 0.717) is 24.8 Å². The number of rotatable bonds is 4.